The highest BCUT2D eigenvalue weighted by Gasteiger charge is 2.41. The van der Waals surface area contributed by atoms with Gasteiger partial charge in [0.15, 0.2) is 10.2 Å². The molecule has 0 saturated heterocycles. The smallest absolute Gasteiger partial charge is 0.334 e. The normalized spacial score (nSPS) is 19.3. The second-order valence-corrected chi connectivity index (χ2v) is 5.86. The van der Waals surface area contributed by atoms with Crippen LogP contribution in [0.4, 0.5) is 0 Å². The molecular formula is C14H20BrNO3. The molecule has 1 aromatic rings. The molecule has 0 bridgehead atoms. The van der Waals surface area contributed by atoms with Gasteiger partial charge in [-0.1, -0.05) is 12.8 Å². The Labute approximate surface area is 122 Å². The second-order valence-electron chi connectivity index (χ2n) is 5.07. The van der Waals surface area contributed by atoms with Crippen molar-refractivity contribution in [3.63, 3.8) is 0 Å². The van der Waals surface area contributed by atoms with Crippen LogP contribution < -0.4 is 5.32 Å². The Morgan fingerprint density at radius 2 is 2.21 bits per heavy atom. The maximum absolute atomic E-state index is 12.3. The third-order valence-electron chi connectivity index (χ3n) is 3.60. The first-order valence-electron chi connectivity index (χ1n) is 6.77. The molecule has 1 aliphatic rings. The van der Waals surface area contributed by atoms with E-state index in [2.05, 4.69) is 21.2 Å². The summed E-state index contributed by atoms with van der Waals surface area (Å²) in [6, 6.07) is 3.95. The second kappa shape index (κ2) is 6.09. The quantitative estimate of drug-likeness (QED) is 0.841. The summed E-state index contributed by atoms with van der Waals surface area (Å²) in [5.41, 5.74) is -0.920. The molecule has 1 aromatic heterocycles. The maximum Gasteiger partial charge on any atom is 0.334 e. The van der Waals surface area contributed by atoms with Gasteiger partial charge in [0.2, 0.25) is 0 Å². The molecule has 1 saturated carbocycles. The fourth-order valence-corrected chi connectivity index (χ4v) is 2.87. The fourth-order valence-electron chi connectivity index (χ4n) is 2.57. The van der Waals surface area contributed by atoms with Crippen LogP contribution in [0.3, 0.4) is 0 Å². The van der Waals surface area contributed by atoms with Crippen molar-refractivity contribution in [3.8, 4) is 0 Å². The van der Waals surface area contributed by atoms with Gasteiger partial charge in [0.1, 0.15) is 5.76 Å². The summed E-state index contributed by atoms with van der Waals surface area (Å²) < 4.78 is 11.4. The van der Waals surface area contributed by atoms with E-state index in [-0.39, 0.29) is 5.97 Å². The molecule has 19 heavy (non-hydrogen) atoms. The zero-order valence-corrected chi connectivity index (χ0v) is 13.0. The first-order valence-corrected chi connectivity index (χ1v) is 7.56. The molecule has 5 heteroatoms. The molecule has 2 rings (SSSR count). The van der Waals surface area contributed by atoms with Gasteiger partial charge in [0, 0.05) is 6.04 Å². The van der Waals surface area contributed by atoms with Crippen molar-refractivity contribution in [2.45, 2.75) is 51.1 Å². The van der Waals surface area contributed by atoms with Crippen molar-refractivity contribution >= 4 is 21.9 Å². The molecule has 0 aliphatic heterocycles. The van der Waals surface area contributed by atoms with E-state index < -0.39 is 5.54 Å². The predicted molar refractivity (Wildman–Crippen MR) is 75.8 cm³/mol. The van der Waals surface area contributed by atoms with Crippen LogP contribution in [0, 0.1) is 0 Å². The molecule has 0 aromatic carbocycles. The zero-order chi connectivity index (χ0) is 13.9. The zero-order valence-electron chi connectivity index (χ0n) is 11.4. The lowest BCUT2D eigenvalue weighted by Gasteiger charge is -2.29. The maximum atomic E-state index is 12.3. The summed E-state index contributed by atoms with van der Waals surface area (Å²) in [5, 5.41) is 3.42. The van der Waals surface area contributed by atoms with Gasteiger partial charge in [-0.05, 0) is 54.8 Å². The number of carbonyl (C=O) groups excluding carboxylic acids is 1. The Hall–Kier alpha value is -0.810. The van der Waals surface area contributed by atoms with E-state index in [0.29, 0.717) is 23.1 Å². The number of rotatable bonds is 5. The van der Waals surface area contributed by atoms with Crippen LogP contribution in [-0.4, -0.2) is 18.6 Å². The Morgan fingerprint density at radius 1 is 1.53 bits per heavy atom. The monoisotopic (exact) mass is 329 g/mol. The van der Waals surface area contributed by atoms with E-state index in [9.17, 15) is 4.79 Å². The number of furan rings is 1. The predicted octanol–water partition coefficient (Wildman–Crippen LogP) is 3.35. The largest absolute Gasteiger partial charge is 0.464 e. The highest BCUT2D eigenvalue weighted by Crippen LogP contribution is 2.30. The van der Waals surface area contributed by atoms with Gasteiger partial charge < -0.3 is 9.15 Å². The molecule has 106 valence electrons. The van der Waals surface area contributed by atoms with Gasteiger partial charge in [0.25, 0.3) is 0 Å². The molecule has 1 aliphatic carbocycles. The topological polar surface area (TPSA) is 51.5 Å². The number of esters is 1. The third kappa shape index (κ3) is 3.20. The Morgan fingerprint density at radius 3 is 2.74 bits per heavy atom. The summed E-state index contributed by atoms with van der Waals surface area (Å²) in [6.45, 7) is 4.00. The minimum Gasteiger partial charge on any atom is -0.464 e. The molecule has 0 amide bonds. The summed E-state index contributed by atoms with van der Waals surface area (Å²) in [5.74, 6) is 0.300. The van der Waals surface area contributed by atoms with E-state index in [1.165, 1.54) is 12.8 Å². The van der Waals surface area contributed by atoms with Gasteiger partial charge in [-0.15, -0.1) is 0 Å². The van der Waals surface area contributed by atoms with Crippen molar-refractivity contribution in [1.29, 1.82) is 0 Å². The van der Waals surface area contributed by atoms with Crippen LogP contribution in [0.2, 0.25) is 0 Å². The molecule has 1 heterocycles. The van der Waals surface area contributed by atoms with Crippen LogP contribution in [0.1, 0.15) is 45.3 Å². The fraction of sp³-hybridized carbons (Fsp3) is 0.643. The Bertz CT molecular complexity index is 440. The van der Waals surface area contributed by atoms with E-state index in [0.717, 1.165) is 12.8 Å². The molecule has 4 nitrogen and oxygen atoms in total. The molecule has 1 atom stereocenters. The van der Waals surface area contributed by atoms with Crippen LogP contribution in [-0.2, 0) is 15.1 Å². The molecule has 0 spiro atoms. The van der Waals surface area contributed by atoms with Gasteiger partial charge >= 0.3 is 5.97 Å². The van der Waals surface area contributed by atoms with Crippen molar-refractivity contribution in [1.82, 2.24) is 5.32 Å². The summed E-state index contributed by atoms with van der Waals surface area (Å²) in [7, 11) is 0. The number of carbonyl (C=O) groups is 1. The Kier molecular flexibility index (Phi) is 4.68. The van der Waals surface area contributed by atoms with Crippen LogP contribution in [0.15, 0.2) is 21.2 Å². The first-order chi connectivity index (χ1) is 9.06. The summed E-state index contributed by atoms with van der Waals surface area (Å²) in [4.78, 5) is 12.3. The van der Waals surface area contributed by atoms with E-state index in [4.69, 9.17) is 9.15 Å². The van der Waals surface area contributed by atoms with Crippen molar-refractivity contribution < 1.29 is 13.9 Å². The molecule has 1 fully saturated rings. The molecular weight excluding hydrogens is 310 g/mol. The number of hydrogen-bond acceptors (Lipinski definition) is 4. The SMILES string of the molecule is CCOC(=O)C(C)(NC1CCCC1)c1ccc(Br)o1. The molecule has 1 N–H and O–H groups in total. The third-order valence-corrected chi connectivity index (χ3v) is 4.02. The lowest BCUT2D eigenvalue weighted by molar-refractivity contribution is -0.152. The number of ether oxygens (including phenoxy) is 1. The number of halogens is 1. The lowest BCUT2D eigenvalue weighted by Crippen LogP contribution is -2.51. The average Bonchev–Trinajstić information content (AvgIpc) is 3.01. The minimum atomic E-state index is -0.920. The molecule has 1 unspecified atom stereocenters. The van der Waals surface area contributed by atoms with E-state index in [1.807, 2.05) is 19.9 Å². The van der Waals surface area contributed by atoms with Crippen LogP contribution >= 0.6 is 15.9 Å². The van der Waals surface area contributed by atoms with E-state index in [1.54, 1.807) is 6.07 Å². The van der Waals surface area contributed by atoms with Crippen molar-refractivity contribution in [3.05, 3.63) is 22.6 Å². The summed E-state index contributed by atoms with van der Waals surface area (Å²) in [6.07, 6.45) is 4.60. The first kappa shape index (κ1) is 14.6. The van der Waals surface area contributed by atoms with Crippen molar-refractivity contribution in [2.75, 3.05) is 6.61 Å². The number of hydrogen-bond donors (Lipinski definition) is 1. The van der Waals surface area contributed by atoms with Crippen LogP contribution in [0.5, 0.6) is 0 Å². The number of nitrogens with one attached hydrogen (secondary N) is 1. The van der Waals surface area contributed by atoms with Crippen molar-refractivity contribution in [2.24, 2.45) is 0 Å². The summed E-state index contributed by atoms with van der Waals surface area (Å²) >= 11 is 3.28. The Balaban J connectivity index is 2.23. The minimum absolute atomic E-state index is 0.288. The van der Waals surface area contributed by atoms with Gasteiger partial charge in [0.05, 0.1) is 6.61 Å². The van der Waals surface area contributed by atoms with Gasteiger partial charge in [-0.2, -0.15) is 0 Å². The van der Waals surface area contributed by atoms with Gasteiger partial charge in [-0.3, -0.25) is 5.32 Å². The van der Waals surface area contributed by atoms with Gasteiger partial charge in [-0.25, -0.2) is 4.79 Å². The highest BCUT2D eigenvalue weighted by molar-refractivity contribution is 9.10. The lowest BCUT2D eigenvalue weighted by atomic mass is 9.97. The van der Waals surface area contributed by atoms with Crippen LogP contribution in [0.25, 0.3) is 0 Å². The van der Waals surface area contributed by atoms with E-state index >= 15 is 0 Å². The highest BCUT2D eigenvalue weighted by atomic mass is 79.9. The standard InChI is InChI=1S/C14H20BrNO3/c1-3-18-13(17)14(2,11-8-9-12(15)19-11)16-10-6-4-5-7-10/h8-10,16H,3-7H2,1-2H3. The average molecular weight is 330 g/mol. The molecule has 0 radical (unpaired) electrons.